The molecule has 0 saturated heterocycles. The van der Waals surface area contributed by atoms with Crippen molar-refractivity contribution in [1.82, 2.24) is 34.7 Å². The first-order valence-electron chi connectivity index (χ1n) is 6.42. The van der Waals surface area contributed by atoms with Gasteiger partial charge in [-0.3, -0.25) is 5.10 Å². The monoisotopic (exact) mass is 281 g/mol. The van der Waals surface area contributed by atoms with Gasteiger partial charge in [0.2, 0.25) is 0 Å². The Morgan fingerprint density at radius 1 is 0.857 bits per heavy atom. The van der Waals surface area contributed by atoms with E-state index in [0.717, 1.165) is 0 Å². The van der Waals surface area contributed by atoms with Gasteiger partial charge in [-0.15, -0.1) is 0 Å². The molecule has 21 heavy (non-hydrogen) atoms. The molecule has 4 rings (SSSR count). The van der Waals surface area contributed by atoms with E-state index in [0.29, 0.717) is 0 Å². The predicted molar refractivity (Wildman–Crippen MR) is 76.0 cm³/mol. The van der Waals surface area contributed by atoms with Crippen LogP contribution in [0.2, 0.25) is 0 Å². The highest BCUT2D eigenvalue weighted by Crippen LogP contribution is 1.91. The van der Waals surface area contributed by atoms with Crippen molar-refractivity contribution in [3.8, 4) is 0 Å². The van der Waals surface area contributed by atoms with E-state index in [1.807, 2.05) is 62.8 Å². The van der Waals surface area contributed by atoms with E-state index < -0.39 is 0 Å². The second-order valence-electron chi connectivity index (χ2n) is 4.13. The minimum absolute atomic E-state index is 0.139. The van der Waals surface area contributed by atoms with Gasteiger partial charge in [0, 0.05) is 43.2 Å². The Kier molecular flexibility index (Phi) is 3.92. The number of nitrogens with zero attached hydrogens (tertiary/aromatic N) is 6. The molecule has 0 bridgehead atoms. The Hall–Kier alpha value is -3.10. The van der Waals surface area contributed by atoms with E-state index in [9.17, 15) is 0 Å². The van der Waals surface area contributed by atoms with Gasteiger partial charge in [0.05, 0.1) is 6.20 Å². The van der Waals surface area contributed by atoms with Gasteiger partial charge in [0.25, 0.3) is 0 Å². The Morgan fingerprint density at radius 3 is 2.00 bits per heavy atom. The van der Waals surface area contributed by atoms with E-state index in [1.54, 1.807) is 24.8 Å². The highest BCUT2D eigenvalue weighted by Gasteiger charge is 2.39. The van der Waals surface area contributed by atoms with Crippen LogP contribution >= 0.6 is 0 Å². The molecule has 2 N–H and O–H groups in total. The molecule has 4 aromatic heterocycles. The van der Waals surface area contributed by atoms with Crippen molar-refractivity contribution in [3.05, 3.63) is 73.8 Å². The molecule has 9 heteroatoms. The zero-order valence-electron chi connectivity index (χ0n) is 11.2. The van der Waals surface area contributed by atoms with E-state index in [4.69, 9.17) is 0 Å². The smallest absolute Gasteiger partial charge is 0.286 e. The summed E-state index contributed by atoms with van der Waals surface area (Å²) in [7, 11) is -0.139. The fourth-order valence-corrected chi connectivity index (χ4v) is 1.88. The van der Waals surface area contributed by atoms with Gasteiger partial charge in [-0.05, 0) is 18.2 Å². The zero-order valence-corrected chi connectivity index (χ0v) is 11.2. The molecular formula is C12H14BN8+. The first kappa shape index (κ1) is 12.9. The second-order valence-corrected chi connectivity index (χ2v) is 4.13. The summed E-state index contributed by atoms with van der Waals surface area (Å²) in [6, 6.07) is 7.54. The van der Waals surface area contributed by atoms with E-state index in [-0.39, 0.29) is 7.12 Å². The van der Waals surface area contributed by atoms with Gasteiger partial charge in [-0.25, -0.2) is 9.19 Å². The average Bonchev–Trinajstić information content (AvgIpc) is 3.32. The molecule has 0 aromatic carbocycles. The van der Waals surface area contributed by atoms with Crippen LogP contribution in [0.25, 0.3) is 0 Å². The summed E-state index contributed by atoms with van der Waals surface area (Å²) < 4.78 is 5.56. The molecule has 0 aliphatic heterocycles. The van der Waals surface area contributed by atoms with Gasteiger partial charge < -0.3 is 0 Å². The third kappa shape index (κ3) is 3.08. The molecule has 0 aliphatic carbocycles. The number of H-pyrrole nitrogens is 2. The van der Waals surface area contributed by atoms with Crippen molar-refractivity contribution in [3.63, 3.8) is 0 Å². The number of hydrogen-bond donors (Lipinski definition) is 2. The fraction of sp³-hybridized carbons (Fsp3) is 0. The zero-order chi connectivity index (χ0) is 14.3. The first-order chi connectivity index (χ1) is 10.4. The molecular weight excluding hydrogens is 267 g/mol. The number of rotatable bonds is 3. The van der Waals surface area contributed by atoms with Crippen LogP contribution in [0.4, 0.5) is 0 Å². The normalized spacial score (nSPS) is 9.90. The van der Waals surface area contributed by atoms with Crippen LogP contribution in [0.5, 0.6) is 0 Å². The summed E-state index contributed by atoms with van der Waals surface area (Å²) >= 11 is 0. The summed E-state index contributed by atoms with van der Waals surface area (Å²) in [4.78, 5) is 0. The van der Waals surface area contributed by atoms with Crippen LogP contribution in [-0.4, -0.2) is 41.8 Å². The minimum Gasteiger partial charge on any atom is -0.286 e. The van der Waals surface area contributed by atoms with Gasteiger partial charge in [0.1, 0.15) is 0 Å². The SMILES string of the molecule is c1cn[nH]c1.c1cnn(B(n2cccn2)[n+]2ccc[nH]2)c1. The number of hydrogen-bond acceptors (Lipinski definition) is 3. The number of aromatic amines is 2. The maximum Gasteiger partial charge on any atom is 0.818 e. The molecule has 0 fully saturated rings. The largest absolute Gasteiger partial charge is 0.818 e. The van der Waals surface area contributed by atoms with E-state index in [1.165, 1.54) is 0 Å². The molecule has 0 radical (unpaired) electrons. The number of aromatic nitrogens is 8. The van der Waals surface area contributed by atoms with Gasteiger partial charge in [0.15, 0.2) is 6.20 Å². The highest BCUT2D eigenvalue weighted by atomic mass is 15.4. The van der Waals surface area contributed by atoms with Gasteiger partial charge in [-0.2, -0.15) is 25.0 Å². The van der Waals surface area contributed by atoms with Crippen LogP contribution in [0.1, 0.15) is 0 Å². The Morgan fingerprint density at radius 2 is 1.62 bits per heavy atom. The summed E-state index contributed by atoms with van der Waals surface area (Å²) in [5.41, 5.74) is 0. The molecule has 0 atom stereocenters. The second kappa shape index (κ2) is 6.37. The van der Waals surface area contributed by atoms with Crippen molar-refractivity contribution >= 4 is 7.12 Å². The fourth-order valence-electron chi connectivity index (χ4n) is 1.88. The van der Waals surface area contributed by atoms with Gasteiger partial charge >= 0.3 is 7.12 Å². The van der Waals surface area contributed by atoms with Crippen molar-refractivity contribution in [2.45, 2.75) is 0 Å². The Labute approximate surface area is 121 Å². The van der Waals surface area contributed by atoms with Crippen molar-refractivity contribution < 1.29 is 4.59 Å². The van der Waals surface area contributed by atoms with Crippen LogP contribution in [-0.2, 0) is 0 Å². The van der Waals surface area contributed by atoms with Crippen LogP contribution in [0.3, 0.4) is 0 Å². The molecule has 4 heterocycles. The maximum absolute atomic E-state index is 4.24. The van der Waals surface area contributed by atoms with E-state index >= 15 is 0 Å². The van der Waals surface area contributed by atoms with Crippen LogP contribution < -0.4 is 4.59 Å². The summed E-state index contributed by atoms with van der Waals surface area (Å²) in [6.45, 7) is 0. The molecule has 0 spiro atoms. The first-order valence-corrected chi connectivity index (χ1v) is 6.42. The van der Waals surface area contributed by atoms with Crippen molar-refractivity contribution in [2.24, 2.45) is 0 Å². The van der Waals surface area contributed by atoms with Crippen LogP contribution in [0, 0.1) is 0 Å². The third-order valence-electron chi connectivity index (χ3n) is 2.74. The lowest BCUT2D eigenvalue weighted by Crippen LogP contribution is -2.62. The standard InChI is InChI=1S/C9H9BN6.C3H4N2/c1-4-11-14(7-1)10(15-8-2-5-12-15)16-9-3-6-13-16;1-2-4-5-3-1/h1-9H;1-3H,(H,4,5)/p+1. The van der Waals surface area contributed by atoms with Crippen molar-refractivity contribution in [1.29, 1.82) is 0 Å². The molecule has 4 aromatic rings. The molecule has 8 nitrogen and oxygen atoms in total. The maximum atomic E-state index is 4.24. The topological polar surface area (TPSA) is 84.0 Å². The third-order valence-corrected chi connectivity index (χ3v) is 2.74. The lowest BCUT2D eigenvalue weighted by Gasteiger charge is -2.03. The Bertz CT molecular complexity index is 601. The van der Waals surface area contributed by atoms with E-state index in [2.05, 4.69) is 25.5 Å². The molecule has 0 aliphatic rings. The Balaban J connectivity index is 0.000000225. The lowest BCUT2D eigenvalue weighted by atomic mass is 9.96. The van der Waals surface area contributed by atoms with Crippen molar-refractivity contribution in [2.75, 3.05) is 0 Å². The van der Waals surface area contributed by atoms with Crippen LogP contribution in [0.15, 0.2) is 73.8 Å². The predicted octanol–water partition coefficient (Wildman–Crippen LogP) is 0.0345. The molecule has 0 saturated carbocycles. The summed E-state index contributed by atoms with van der Waals surface area (Å²) in [5.74, 6) is 0. The minimum atomic E-state index is -0.139. The highest BCUT2D eigenvalue weighted by molar-refractivity contribution is 6.44. The average molecular weight is 281 g/mol. The molecule has 0 unspecified atom stereocenters. The van der Waals surface area contributed by atoms with Gasteiger partial charge in [-0.1, -0.05) is 0 Å². The molecule has 0 amide bonds. The summed E-state index contributed by atoms with van der Waals surface area (Å²) in [5, 5.41) is 17.8. The molecule has 104 valence electrons. The lowest BCUT2D eigenvalue weighted by molar-refractivity contribution is -0.606. The summed E-state index contributed by atoms with van der Waals surface area (Å²) in [6.07, 6.45) is 14.6. The number of nitrogens with one attached hydrogen (secondary N) is 2. The quantitative estimate of drug-likeness (QED) is 0.520.